The van der Waals surface area contributed by atoms with Gasteiger partial charge >= 0.3 is 0 Å². The Kier molecular flexibility index (Phi) is 6.26. The summed E-state index contributed by atoms with van der Waals surface area (Å²) >= 11 is 0. The molecule has 0 aliphatic carbocycles. The van der Waals surface area contributed by atoms with E-state index in [1.807, 2.05) is 19.1 Å². The fraction of sp³-hybridized carbons (Fsp3) is 0.300. The van der Waals surface area contributed by atoms with E-state index >= 15 is 0 Å². The zero-order valence-corrected chi connectivity index (χ0v) is 11.5. The molecule has 1 aromatic rings. The topological polar surface area (TPSA) is 62.4 Å². The Morgan fingerprint density at radius 2 is 2.00 bits per heavy atom. The molecule has 0 amide bonds. The number of hydrazine groups is 1. The summed E-state index contributed by atoms with van der Waals surface area (Å²) in [6.07, 6.45) is 0. The fourth-order valence-corrected chi connectivity index (χ4v) is 1.24. The number of hydrogen-bond acceptors (Lipinski definition) is 2. The van der Waals surface area contributed by atoms with Gasteiger partial charge in [0.05, 0.1) is 0 Å². The molecule has 0 heterocycles. The molecule has 84 valence electrons. The number of nitrogens with two attached hydrogens (primary N) is 1. The van der Waals surface area contributed by atoms with E-state index in [1.165, 1.54) is 11.1 Å². The van der Waals surface area contributed by atoms with Crippen LogP contribution in [0.25, 0.3) is 0 Å². The van der Waals surface area contributed by atoms with Gasteiger partial charge in [0.1, 0.15) is 0 Å². The maximum Gasteiger partial charge on any atom is 0.209 e. The van der Waals surface area contributed by atoms with Crippen molar-refractivity contribution in [1.29, 1.82) is 0 Å². The number of halogens is 1. The summed E-state index contributed by atoms with van der Waals surface area (Å²) in [5, 5.41) is 3.09. The number of nitrogens with zero attached hydrogens (tertiary/aromatic N) is 1. The fourth-order valence-electron chi connectivity index (χ4n) is 1.24. The van der Waals surface area contributed by atoms with Gasteiger partial charge in [-0.25, -0.2) is 5.84 Å². The highest BCUT2D eigenvalue weighted by Gasteiger charge is 2.00. The molecule has 0 fully saturated rings. The van der Waals surface area contributed by atoms with Crippen molar-refractivity contribution in [2.24, 2.45) is 10.8 Å². The Bertz CT molecular complexity index is 349. The van der Waals surface area contributed by atoms with E-state index in [0.29, 0.717) is 5.96 Å². The molecule has 5 heteroatoms. The first-order valence-electron chi connectivity index (χ1n) is 4.45. The third-order valence-corrected chi connectivity index (χ3v) is 2.00. The van der Waals surface area contributed by atoms with Crippen LogP contribution in [0.3, 0.4) is 0 Å². The average Bonchev–Trinajstić information content (AvgIpc) is 2.17. The van der Waals surface area contributed by atoms with Gasteiger partial charge in [0.2, 0.25) is 5.96 Å². The monoisotopic (exact) mass is 320 g/mol. The minimum Gasteiger partial charge on any atom is -0.325 e. The van der Waals surface area contributed by atoms with Gasteiger partial charge in [0, 0.05) is 12.7 Å². The summed E-state index contributed by atoms with van der Waals surface area (Å²) in [5.41, 5.74) is 5.90. The molecule has 0 radical (unpaired) electrons. The molecule has 0 spiro atoms. The smallest absolute Gasteiger partial charge is 0.209 e. The second kappa shape index (κ2) is 6.62. The highest BCUT2D eigenvalue weighted by Crippen LogP contribution is 2.15. The molecule has 15 heavy (non-hydrogen) atoms. The van der Waals surface area contributed by atoms with Crippen molar-refractivity contribution < 1.29 is 0 Å². The van der Waals surface area contributed by atoms with E-state index in [0.717, 1.165) is 5.69 Å². The van der Waals surface area contributed by atoms with E-state index < -0.39 is 0 Å². The van der Waals surface area contributed by atoms with Gasteiger partial charge in [-0.1, -0.05) is 17.7 Å². The molecule has 0 saturated heterocycles. The Morgan fingerprint density at radius 1 is 1.33 bits per heavy atom. The molecule has 0 unspecified atom stereocenters. The SMILES string of the molecule is CN=C(NN)Nc1ccc(C)cc1C.I. The lowest BCUT2D eigenvalue weighted by atomic mass is 10.1. The van der Waals surface area contributed by atoms with E-state index in [2.05, 4.69) is 28.7 Å². The lowest BCUT2D eigenvalue weighted by Gasteiger charge is -2.11. The second-order valence-corrected chi connectivity index (χ2v) is 3.16. The maximum absolute atomic E-state index is 5.27. The number of benzene rings is 1. The molecule has 0 bridgehead atoms. The third-order valence-electron chi connectivity index (χ3n) is 2.00. The molecule has 0 aliphatic rings. The number of rotatable bonds is 1. The van der Waals surface area contributed by atoms with Crippen molar-refractivity contribution in [3.8, 4) is 0 Å². The summed E-state index contributed by atoms with van der Waals surface area (Å²) in [6.45, 7) is 4.10. The first-order chi connectivity index (χ1) is 6.67. The minimum atomic E-state index is 0. The summed E-state index contributed by atoms with van der Waals surface area (Å²) in [7, 11) is 1.67. The largest absolute Gasteiger partial charge is 0.325 e. The highest BCUT2D eigenvalue weighted by atomic mass is 127. The van der Waals surface area contributed by atoms with Crippen LogP contribution in [0.5, 0.6) is 0 Å². The van der Waals surface area contributed by atoms with Crippen LogP contribution in [-0.4, -0.2) is 13.0 Å². The van der Waals surface area contributed by atoms with Gasteiger partial charge in [-0.2, -0.15) is 0 Å². The zero-order chi connectivity index (χ0) is 10.6. The molecule has 0 aromatic heterocycles. The first-order valence-corrected chi connectivity index (χ1v) is 4.45. The van der Waals surface area contributed by atoms with Gasteiger partial charge in [0.25, 0.3) is 0 Å². The standard InChI is InChI=1S/C10H16N4.HI/c1-7-4-5-9(8(2)6-7)13-10(12-3)14-11;/h4-6H,11H2,1-3H3,(H2,12,13,14);1H. The van der Waals surface area contributed by atoms with Crippen LogP contribution >= 0.6 is 24.0 Å². The summed E-state index contributed by atoms with van der Waals surface area (Å²) < 4.78 is 0. The van der Waals surface area contributed by atoms with Crippen molar-refractivity contribution >= 4 is 35.6 Å². The normalized spacial score (nSPS) is 10.5. The Morgan fingerprint density at radius 3 is 2.47 bits per heavy atom. The molecule has 0 aliphatic heterocycles. The van der Waals surface area contributed by atoms with Gasteiger partial charge in [-0.05, 0) is 25.5 Å². The summed E-state index contributed by atoms with van der Waals surface area (Å²) in [4.78, 5) is 3.93. The van der Waals surface area contributed by atoms with Crippen LogP contribution in [0.2, 0.25) is 0 Å². The predicted octanol–water partition coefficient (Wildman–Crippen LogP) is 1.78. The molecular formula is C10H17IN4. The van der Waals surface area contributed by atoms with Crippen LogP contribution in [0.15, 0.2) is 23.2 Å². The van der Waals surface area contributed by atoms with Crippen LogP contribution < -0.4 is 16.6 Å². The summed E-state index contributed by atoms with van der Waals surface area (Å²) in [5.74, 6) is 5.82. The van der Waals surface area contributed by atoms with Crippen molar-refractivity contribution in [2.75, 3.05) is 12.4 Å². The second-order valence-electron chi connectivity index (χ2n) is 3.16. The first kappa shape index (κ1) is 14.2. The Balaban J connectivity index is 0.00000196. The van der Waals surface area contributed by atoms with Gasteiger partial charge in [0.15, 0.2) is 0 Å². The number of anilines is 1. The quantitative estimate of drug-likeness (QED) is 0.243. The van der Waals surface area contributed by atoms with Crippen molar-refractivity contribution in [2.45, 2.75) is 13.8 Å². The van der Waals surface area contributed by atoms with E-state index in [4.69, 9.17) is 5.84 Å². The molecule has 4 N–H and O–H groups in total. The van der Waals surface area contributed by atoms with E-state index in [-0.39, 0.29) is 24.0 Å². The Labute approximate surface area is 107 Å². The average molecular weight is 320 g/mol. The third kappa shape index (κ3) is 4.05. The van der Waals surface area contributed by atoms with E-state index in [9.17, 15) is 0 Å². The highest BCUT2D eigenvalue weighted by molar-refractivity contribution is 14.0. The maximum atomic E-state index is 5.27. The van der Waals surface area contributed by atoms with Gasteiger partial charge in [-0.15, -0.1) is 24.0 Å². The van der Waals surface area contributed by atoms with E-state index in [1.54, 1.807) is 7.05 Å². The summed E-state index contributed by atoms with van der Waals surface area (Å²) in [6, 6.07) is 6.15. The number of hydrogen-bond donors (Lipinski definition) is 3. The van der Waals surface area contributed by atoms with Crippen LogP contribution in [0, 0.1) is 13.8 Å². The molecule has 0 atom stereocenters. The number of nitrogens with one attached hydrogen (secondary N) is 2. The van der Waals surface area contributed by atoms with Crippen LogP contribution in [-0.2, 0) is 0 Å². The molecule has 0 saturated carbocycles. The van der Waals surface area contributed by atoms with Crippen molar-refractivity contribution in [1.82, 2.24) is 5.43 Å². The molecular weight excluding hydrogens is 303 g/mol. The van der Waals surface area contributed by atoms with Gasteiger partial charge < -0.3 is 5.32 Å². The molecule has 1 rings (SSSR count). The number of aliphatic imine (C=N–C) groups is 1. The predicted molar refractivity (Wildman–Crippen MR) is 75.6 cm³/mol. The van der Waals surface area contributed by atoms with Crippen molar-refractivity contribution in [3.05, 3.63) is 29.3 Å². The lowest BCUT2D eigenvalue weighted by molar-refractivity contribution is 1.01. The van der Waals surface area contributed by atoms with Crippen LogP contribution in [0.4, 0.5) is 5.69 Å². The zero-order valence-electron chi connectivity index (χ0n) is 9.16. The van der Waals surface area contributed by atoms with Gasteiger partial charge in [-0.3, -0.25) is 10.4 Å². The molecule has 1 aromatic carbocycles. The number of guanidine groups is 1. The lowest BCUT2D eigenvalue weighted by Crippen LogP contribution is -2.36. The van der Waals surface area contributed by atoms with Crippen LogP contribution in [0.1, 0.15) is 11.1 Å². The Hall–Kier alpha value is -0.820. The number of aryl methyl sites for hydroxylation is 2. The van der Waals surface area contributed by atoms with Crippen molar-refractivity contribution in [3.63, 3.8) is 0 Å². The molecule has 4 nitrogen and oxygen atoms in total. The minimum absolute atomic E-state index is 0.